The molecule has 0 saturated heterocycles. The molecule has 0 N–H and O–H groups in total. The number of aromatic nitrogens is 2. The summed E-state index contributed by atoms with van der Waals surface area (Å²) in [5, 5.41) is 0.903. The van der Waals surface area contributed by atoms with Gasteiger partial charge in [-0.2, -0.15) is 8.78 Å². The number of benzene rings is 2. The van der Waals surface area contributed by atoms with Gasteiger partial charge in [0.15, 0.2) is 0 Å². The van der Waals surface area contributed by atoms with Crippen molar-refractivity contribution in [1.82, 2.24) is 9.55 Å². The van der Waals surface area contributed by atoms with Crippen LogP contribution >= 0.6 is 23.2 Å². The first-order valence-electron chi connectivity index (χ1n) is 6.82. The highest BCUT2D eigenvalue weighted by Gasteiger charge is 2.10. The Kier molecular flexibility index (Phi) is 4.69. The summed E-state index contributed by atoms with van der Waals surface area (Å²) in [5.41, 5.74) is 0.645. The van der Waals surface area contributed by atoms with Gasteiger partial charge in [-0.05, 0) is 29.8 Å². The van der Waals surface area contributed by atoms with Gasteiger partial charge in [0.25, 0.3) is 5.56 Å². The highest BCUT2D eigenvalue weighted by molar-refractivity contribution is 6.38. The number of ether oxygens (including phenoxy) is 1. The van der Waals surface area contributed by atoms with E-state index in [9.17, 15) is 13.6 Å². The fraction of sp³-hybridized carbons (Fsp3) is 0.125. The van der Waals surface area contributed by atoms with Gasteiger partial charge in [-0.3, -0.25) is 9.36 Å². The van der Waals surface area contributed by atoms with Crippen LogP contribution in [-0.4, -0.2) is 16.2 Å². The lowest BCUT2D eigenvalue weighted by Gasteiger charge is -2.10. The molecule has 0 fully saturated rings. The van der Waals surface area contributed by atoms with Crippen molar-refractivity contribution in [2.75, 3.05) is 0 Å². The van der Waals surface area contributed by atoms with Crippen LogP contribution in [-0.2, 0) is 6.54 Å². The largest absolute Gasteiger partial charge is 0.435 e. The predicted molar refractivity (Wildman–Crippen MR) is 88.2 cm³/mol. The molecule has 3 rings (SSSR count). The lowest BCUT2D eigenvalue weighted by atomic mass is 10.2. The summed E-state index contributed by atoms with van der Waals surface area (Å²) in [7, 11) is 0. The second-order valence-corrected chi connectivity index (χ2v) is 5.83. The second-order valence-electron chi connectivity index (χ2n) is 4.99. The zero-order chi connectivity index (χ0) is 17.3. The molecule has 4 nitrogen and oxygen atoms in total. The minimum Gasteiger partial charge on any atom is -0.435 e. The Balaban J connectivity index is 1.99. The van der Waals surface area contributed by atoms with Crippen molar-refractivity contribution in [3.05, 3.63) is 68.7 Å². The van der Waals surface area contributed by atoms with Gasteiger partial charge in [0.2, 0.25) is 0 Å². The molecule has 0 amide bonds. The molecule has 2 aromatic carbocycles. The number of halogens is 4. The normalized spacial score (nSPS) is 11.2. The van der Waals surface area contributed by atoms with E-state index in [1.165, 1.54) is 35.2 Å². The lowest BCUT2D eigenvalue weighted by Crippen LogP contribution is -2.21. The minimum atomic E-state index is -2.91. The van der Waals surface area contributed by atoms with Crippen LogP contribution in [0.3, 0.4) is 0 Å². The monoisotopic (exact) mass is 370 g/mol. The third-order valence-electron chi connectivity index (χ3n) is 3.32. The molecule has 0 aliphatic heterocycles. The first-order chi connectivity index (χ1) is 11.4. The van der Waals surface area contributed by atoms with E-state index in [0.717, 1.165) is 0 Å². The van der Waals surface area contributed by atoms with Crippen molar-refractivity contribution >= 4 is 34.1 Å². The van der Waals surface area contributed by atoms with Crippen LogP contribution in [0.1, 0.15) is 5.56 Å². The standard InChI is InChI=1S/C16H10Cl2F2N2O2/c17-10-5-12-14(13(18)6-10)21-8-22(15(12)23)7-9-2-1-3-11(4-9)24-16(19)20/h1-6,8,16H,7H2. The highest BCUT2D eigenvalue weighted by atomic mass is 35.5. The molecular weight excluding hydrogens is 361 g/mol. The zero-order valence-electron chi connectivity index (χ0n) is 12.0. The summed E-state index contributed by atoms with van der Waals surface area (Å²) in [6.45, 7) is -2.76. The molecule has 0 unspecified atom stereocenters. The van der Waals surface area contributed by atoms with Crippen LogP contribution in [0.25, 0.3) is 10.9 Å². The first-order valence-corrected chi connectivity index (χ1v) is 7.57. The molecule has 0 saturated carbocycles. The van der Waals surface area contributed by atoms with Crippen molar-refractivity contribution in [3.8, 4) is 5.75 Å². The van der Waals surface area contributed by atoms with Gasteiger partial charge < -0.3 is 4.74 Å². The van der Waals surface area contributed by atoms with E-state index in [1.54, 1.807) is 12.1 Å². The molecular formula is C16H10Cl2F2N2O2. The maximum atomic E-state index is 12.6. The number of nitrogens with zero attached hydrogens (tertiary/aromatic N) is 2. The van der Waals surface area contributed by atoms with Gasteiger partial charge in [0.05, 0.1) is 28.8 Å². The Morgan fingerprint density at radius 2 is 2.00 bits per heavy atom. The maximum Gasteiger partial charge on any atom is 0.387 e. The van der Waals surface area contributed by atoms with Crippen LogP contribution in [0, 0.1) is 0 Å². The molecule has 1 heterocycles. The van der Waals surface area contributed by atoms with Gasteiger partial charge in [0, 0.05) is 5.02 Å². The number of hydrogen-bond acceptors (Lipinski definition) is 3. The molecule has 0 aliphatic rings. The summed E-state index contributed by atoms with van der Waals surface area (Å²) in [6.07, 6.45) is 1.35. The van der Waals surface area contributed by atoms with E-state index < -0.39 is 6.61 Å². The molecule has 124 valence electrons. The summed E-state index contributed by atoms with van der Waals surface area (Å²) in [6, 6.07) is 9.11. The molecule has 0 bridgehead atoms. The third kappa shape index (κ3) is 3.49. The van der Waals surface area contributed by atoms with Crippen LogP contribution in [0.15, 0.2) is 47.5 Å². The van der Waals surface area contributed by atoms with Crippen molar-refractivity contribution in [3.63, 3.8) is 0 Å². The summed E-state index contributed by atoms with van der Waals surface area (Å²) in [4.78, 5) is 16.7. The average molecular weight is 371 g/mol. The summed E-state index contributed by atoms with van der Waals surface area (Å²) in [5.74, 6) is 0.0235. The first kappa shape index (κ1) is 16.7. The SMILES string of the molecule is O=c1c2cc(Cl)cc(Cl)c2ncn1Cc1cccc(OC(F)F)c1. The molecule has 1 aromatic heterocycles. The van der Waals surface area contributed by atoms with Gasteiger partial charge in [-0.25, -0.2) is 4.98 Å². The fourth-order valence-electron chi connectivity index (χ4n) is 2.32. The van der Waals surface area contributed by atoms with E-state index in [2.05, 4.69) is 9.72 Å². The molecule has 0 spiro atoms. The summed E-state index contributed by atoms with van der Waals surface area (Å²) < 4.78 is 30.3. The molecule has 0 atom stereocenters. The van der Waals surface area contributed by atoms with E-state index >= 15 is 0 Å². The highest BCUT2D eigenvalue weighted by Crippen LogP contribution is 2.24. The zero-order valence-corrected chi connectivity index (χ0v) is 13.6. The molecule has 24 heavy (non-hydrogen) atoms. The van der Waals surface area contributed by atoms with E-state index in [4.69, 9.17) is 23.2 Å². The number of rotatable bonds is 4. The van der Waals surface area contributed by atoms with Crippen LogP contribution in [0.2, 0.25) is 10.0 Å². The van der Waals surface area contributed by atoms with Crippen LogP contribution in [0.4, 0.5) is 8.78 Å². The van der Waals surface area contributed by atoms with E-state index in [-0.39, 0.29) is 28.3 Å². The lowest BCUT2D eigenvalue weighted by molar-refractivity contribution is -0.0498. The second kappa shape index (κ2) is 6.75. The van der Waals surface area contributed by atoms with Crippen molar-refractivity contribution < 1.29 is 13.5 Å². The van der Waals surface area contributed by atoms with E-state index in [1.807, 2.05) is 0 Å². The Labute approximate surface area is 145 Å². The maximum absolute atomic E-state index is 12.6. The molecule has 0 aliphatic carbocycles. The van der Waals surface area contributed by atoms with Crippen LogP contribution in [0.5, 0.6) is 5.75 Å². The Morgan fingerprint density at radius 3 is 2.75 bits per heavy atom. The van der Waals surface area contributed by atoms with Crippen molar-refractivity contribution in [1.29, 1.82) is 0 Å². The Morgan fingerprint density at radius 1 is 1.21 bits per heavy atom. The number of hydrogen-bond donors (Lipinski definition) is 0. The smallest absolute Gasteiger partial charge is 0.387 e. The predicted octanol–water partition coefficient (Wildman–Crippen LogP) is 4.35. The Bertz CT molecular complexity index is 960. The van der Waals surface area contributed by atoms with Crippen molar-refractivity contribution in [2.24, 2.45) is 0 Å². The summed E-state index contributed by atoms with van der Waals surface area (Å²) >= 11 is 12.0. The van der Waals surface area contributed by atoms with Crippen molar-refractivity contribution in [2.45, 2.75) is 13.2 Å². The Hall–Kier alpha value is -2.18. The van der Waals surface area contributed by atoms with Gasteiger partial charge in [0.1, 0.15) is 5.75 Å². The van der Waals surface area contributed by atoms with Crippen LogP contribution < -0.4 is 10.3 Å². The number of alkyl halides is 2. The number of fused-ring (bicyclic) bond motifs is 1. The average Bonchev–Trinajstić information content (AvgIpc) is 2.50. The molecule has 8 heteroatoms. The fourth-order valence-corrected chi connectivity index (χ4v) is 2.87. The molecule has 0 radical (unpaired) electrons. The third-order valence-corrected chi connectivity index (χ3v) is 3.83. The quantitative estimate of drug-likeness (QED) is 0.685. The minimum absolute atomic E-state index is 0.0235. The van der Waals surface area contributed by atoms with Gasteiger partial charge in [-0.1, -0.05) is 35.3 Å². The van der Waals surface area contributed by atoms with E-state index in [0.29, 0.717) is 16.1 Å². The van der Waals surface area contributed by atoms with Gasteiger partial charge >= 0.3 is 6.61 Å². The van der Waals surface area contributed by atoms with Gasteiger partial charge in [-0.15, -0.1) is 0 Å². The molecule has 3 aromatic rings. The topological polar surface area (TPSA) is 44.1 Å².